The molecule has 0 N–H and O–H groups in total. The summed E-state index contributed by atoms with van der Waals surface area (Å²) in [7, 11) is 0. The van der Waals surface area contributed by atoms with Gasteiger partial charge in [-0.2, -0.15) is 0 Å². The molecule has 0 radical (unpaired) electrons. The Balaban J connectivity index is 1.27. The topological polar surface area (TPSA) is 44.2 Å². The largest absolute Gasteiger partial charge is 0.494 e. The van der Waals surface area contributed by atoms with Gasteiger partial charge < -0.3 is 9.47 Å². The van der Waals surface area contributed by atoms with Crippen molar-refractivity contribution in [2.45, 2.75) is 90.4 Å². The second-order valence-electron chi connectivity index (χ2n) is 8.88. The zero-order valence-electron chi connectivity index (χ0n) is 19.4. The van der Waals surface area contributed by atoms with Crippen molar-refractivity contribution in [3.05, 3.63) is 36.7 Å². The van der Waals surface area contributed by atoms with Crippen molar-refractivity contribution in [1.29, 1.82) is 0 Å². The van der Waals surface area contributed by atoms with Crippen LogP contribution in [0.1, 0.15) is 90.4 Å². The lowest BCUT2D eigenvalue weighted by molar-refractivity contribution is 0.302. The molecule has 0 spiro atoms. The van der Waals surface area contributed by atoms with Crippen LogP contribution in [-0.2, 0) is 0 Å². The second kappa shape index (κ2) is 14.1. The van der Waals surface area contributed by atoms with Crippen LogP contribution in [0.5, 0.6) is 11.5 Å². The molecule has 0 saturated heterocycles. The zero-order chi connectivity index (χ0) is 21.6. The molecule has 2 aromatic rings. The summed E-state index contributed by atoms with van der Waals surface area (Å²) in [6.45, 7) is 3.75. The Morgan fingerprint density at radius 2 is 1.29 bits per heavy atom. The second-order valence-corrected chi connectivity index (χ2v) is 8.88. The van der Waals surface area contributed by atoms with Crippen molar-refractivity contribution in [2.24, 2.45) is 5.92 Å². The molecule has 1 saturated carbocycles. The fourth-order valence-electron chi connectivity index (χ4n) is 3.80. The summed E-state index contributed by atoms with van der Waals surface area (Å²) in [6, 6.07) is 8.02. The number of ether oxygens (including phenoxy) is 2. The van der Waals surface area contributed by atoms with Crippen molar-refractivity contribution in [3.8, 4) is 22.9 Å². The SMILES string of the molecule is CCCCCCOc1ccc(-c2ncc(OCCCCCCCCC3CC3)cn2)cc1. The van der Waals surface area contributed by atoms with Gasteiger partial charge in [-0.25, -0.2) is 9.97 Å². The summed E-state index contributed by atoms with van der Waals surface area (Å²) in [5.74, 6) is 3.46. The average Bonchev–Trinajstić information content (AvgIpc) is 3.63. The van der Waals surface area contributed by atoms with Crippen LogP contribution >= 0.6 is 0 Å². The predicted octanol–water partition coefficient (Wildman–Crippen LogP) is 7.62. The Kier molecular flexibility index (Phi) is 10.7. The van der Waals surface area contributed by atoms with Crippen LogP contribution in [0.2, 0.25) is 0 Å². The van der Waals surface area contributed by atoms with E-state index in [0.717, 1.165) is 49.0 Å². The molecule has 1 fully saturated rings. The Morgan fingerprint density at radius 3 is 1.94 bits per heavy atom. The smallest absolute Gasteiger partial charge is 0.159 e. The highest BCUT2D eigenvalue weighted by molar-refractivity contribution is 5.56. The van der Waals surface area contributed by atoms with Gasteiger partial charge in [-0.3, -0.25) is 0 Å². The summed E-state index contributed by atoms with van der Waals surface area (Å²) in [5.41, 5.74) is 0.992. The monoisotopic (exact) mass is 424 g/mol. The van der Waals surface area contributed by atoms with E-state index in [0.29, 0.717) is 5.82 Å². The number of aromatic nitrogens is 2. The number of benzene rings is 1. The summed E-state index contributed by atoms with van der Waals surface area (Å²) in [4.78, 5) is 8.93. The minimum Gasteiger partial charge on any atom is -0.494 e. The van der Waals surface area contributed by atoms with Crippen molar-refractivity contribution < 1.29 is 9.47 Å². The lowest BCUT2D eigenvalue weighted by Crippen LogP contribution is -1.99. The molecule has 0 bridgehead atoms. The van der Waals surface area contributed by atoms with E-state index in [4.69, 9.17) is 9.47 Å². The molecule has 1 aliphatic rings. The molecule has 1 aliphatic carbocycles. The first-order valence-corrected chi connectivity index (χ1v) is 12.5. The van der Waals surface area contributed by atoms with Gasteiger partial charge in [0.1, 0.15) is 5.75 Å². The minimum absolute atomic E-state index is 0.716. The van der Waals surface area contributed by atoms with Gasteiger partial charge in [-0.15, -0.1) is 0 Å². The van der Waals surface area contributed by atoms with Crippen LogP contribution in [0, 0.1) is 5.92 Å². The predicted molar refractivity (Wildman–Crippen MR) is 128 cm³/mol. The van der Waals surface area contributed by atoms with Gasteiger partial charge >= 0.3 is 0 Å². The van der Waals surface area contributed by atoms with Crippen molar-refractivity contribution in [2.75, 3.05) is 13.2 Å². The van der Waals surface area contributed by atoms with Gasteiger partial charge in [-0.1, -0.05) is 77.6 Å². The molecular weight excluding hydrogens is 384 g/mol. The molecule has 4 heteroatoms. The van der Waals surface area contributed by atoms with E-state index < -0.39 is 0 Å². The molecule has 1 heterocycles. The quantitative estimate of drug-likeness (QED) is 0.245. The molecule has 3 rings (SSSR count). The molecule has 1 aromatic heterocycles. The molecule has 31 heavy (non-hydrogen) atoms. The first kappa shape index (κ1) is 23.6. The highest BCUT2D eigenvalue weighted by atomic mass is 16.5. The van der Waals surface area contributed by atoms with Crippen molar-refractivity contribution in [3.63, 3.8) is 0 Å². The Morgan fingerprint density at radius 1 is 0.710 bits per heavy atom. The molecule has 170 valence electrons. The highest BCUT2D eigenvalue weighted by Crippen LogP contribution is 2.34. The Hall–Kier alpha value is -2.10. The normalized spacial score (nSPS) is 13.3. The number of nitrogens with zero attached hydrogens (tertiary/aromatic N) is 2. The van der Waals surface area contributed by atoms with Gasteiger partial charge in [0.2, 0.25) is 0 Å². The molecule has 4 nitrogen and oxygen atoms in total. The third-order valence-electron chi connectivity index (χ3n) is 5.98. The van der Waals surface area contributed by atoms with Gasteiger partial charge in [0.25, 0.3) is 0 Å². The molecule has 0 aliphatic heterocycles. The van der Waals surface area contributed by atoms with Crippen LogP contribution in [0.15, 0.2) is 36.7 Å². The van der Waals surface area contributed by atoms with Crippen molar-refractivity contribution in [1.82, 2.24) is 9.97 Å². The molecular formula is C27H40N2O2. The van der Waals surface area contributed by atoms with Crippen LogP contribution in [0.4, 0.5) is 0 Å². The minimum atomic E-state index is 0.716. The third-order valence-corrected chi connectivity index (χ3v) is 5.98. The van der Waals surface area contributed by atoms with Crippen LogP contribution in [0.25, 0.3) is 11.4 Å². The van der Waals surface area contributed by atoms with Crippen LogP contribution in [-0.4, -0.2) is 23.2 Å². The van der Waals surface area contributed by atoms with Gasteiger partial charge in [0.15, 0.2) is 11.6 Å². The van der Waals surface area contributed by atoms with E-state index in [2.05, 4.69) is 16.9 Å². The van der Waals surface area contributed by atoms with E-state index >= 15 is 0 Å². The standard InChI is InChI=1S/C27H40N2O2/c1-2-3-4-10-19-30-25-17-15-24(16-18-25)27-28-21-26(22-29-27)31-20-11-8-6-5-7-9-12-23-13-14-23/h15-18,21-23H,2-14,19-20H2,1H3. The van der Waals surface area contributed by atoms with Gasteiger partial charge in [0.05, 0.1) is 25.6 Å². The fourth-order valence-corrected chi connectivity index (χ4v) is 3.80. The van der Waals surface area contributed by atoms with Crippen molar-refractivity contribution >= 4 is 0 Å². The molecule has 1 aromatic carbocycles. The number of unbranched alkanes of at least 4 members (excludes halogenated alkanes) is 8. The van der Waals surface area contributed by atoms with Crippen LogP contribution < -0.4 is 9.47 Å². The zero-order valence-corrected chi connectivity index (χ0v) is 19.4. The first-order chi connectivity index (χ1) is 15.3. The fraction of sp³-hybridized carbons (Fsp3) is 0.630. The molecule has 0 atom stereocenters. The lowest BCUT2D eigenvalue weighted by atomic mass is 10.1. The Bertz CT molecular complexity index is 711. The van der Waals surface area contributed by atoms with Gasteiger partial charge in [-0.05, 0) is 43.0 Å². The summed E-state index contributed by atoms with van der Waals surface area (Å²) < 4.78 is 11.6. The summed E-state index contributed by atoms with van der Waals surface area (Å²) in [5, 5.41) is 0. The lowest BCUT2D eigenvalue weighted by Gasteiger charge is -2.08. The number of hydrogen-bond donors (Lipinski definition) is 0. The highest BCUT2D eigenvalue weighted by Gasteiger charge is 2.19. The summed E-state index contributed by atoms with van der Waals surface area (Å²) >= 11 is 0. The maximum atomic E-state index is 5.81. The van der Waals surface area contributed by atoms with E-state index in [9.17, 15) is 0 Å². The number of hydrogen-bond acceptors (Lipinski definition) is 4. The number of rotatable bonds is 17. The Labute approximate surface area is 188 Å². The van der Waals surface area contributed by atoms with Gasteiger partial charge in [0, 0.05) is 5.56 Å². The van der Waals surface area contributed by atoms with E-state index in [1.54, 1.807) is 12.4 Å². The van der Waals surface area contributed by atoms with E-state index in [-0.39, 0.29) is 0 Å². The maximum absolute atomic E-state index is 5.81. The molecule has 0 amide bonds. The maximum Gasteiger partial charge on any atom is 0.159 e. The molecule has 0 unspecified atom stereocenters. The first-order valence-electron chi connectivity index (χ1n) is 12.5. The van der Waals surface area contributed by atoms with E-state index in [1.807, 2.05) is 24.3 Å². The van der Waals surface area contributed by atoms with Crippen LogP contribution in [0.3, 0.4) is 0 Å². The third kappa shape index (κ3) is 9.71. The summed E-state index contributed by atoms with van der Waals surface area (Å²) in [6.07, 6.45) is 20.7. The average molecular weight is 425 g/mol. The van der Waals surface area contributed by atoms with E-state index in [1.165, 1.54) is 70.6 Å².